The Kier molecular flexibility index (Phi) is 5.99. The fraction of sp³-hybridized carbons (Fsp3) is 0.750. The maximum Gasteiger partial charge on any atom is 0.228 e. The number of nitrogens with one attached hydrogen (secondary N) is 2. The topological polar surface area (TPSA) is 66.5 Å². The van der Waals surface area contributed by atoms with E-state index in [4.69, 9.17) is 4.74 Å². The molecule has 2 fully saturated rings. The van der Waals surface area contributed by atoms with Crippen molar-refractivity contribution in [3.05, 3.63) is 11.1 Å². The van der Waals surface area contributed by atoms with E-state index >= 15 is 0 Å². The quantitative estimate of drug-likeness (QED) is 0.855. The minimum absolute atomic E-state index is 0.0220. The van der Waals surface area contributed by atoms with Gasteiger partial charge in [-0.3, -0.25) is 9.69 Å². The van der Waals surface area contributed by atoms with Crippen LogP contribution in [0.5, 0.6) is 0 Å². The summed E-state index contributed by atoms with van der Waals surface area (Å²) in [5.41, 5.74) is 1.05. The second-order valence-electron chi connectivity index (χ2n) is 6.58. The number of likely N-dealkylation sites (tertiary alicyclic amines) is 1. The summed E-state index contributed by atoms with van der Waals surface area (Å²) in [4.78, 5) is 19.1. The van der Waals surface area contributed by atoms with Gasteiger partial charge in [0.05, 0.1) is 24.8 Å². The van der Waals surface area contributed by atoms with E-state index in [2.05, 4.69) is 27.4 Å². The zero-order valence-electron chi connectivity index (χ0n) is 13.7. The van der Waals surface area contributed by atoms with Crippen molar-refractivity contribution in [2.75, 3.05) is 38.1 Å². The molecule has 0 bridgehead atoms. The van der Waals surface area contributed by atoms with Gasteiger partial charge in [0.25, 0.3) is 0 Å². The Balaban J connectivity index is 1.45. The van der Waals surface area contributed by atoms with Crippen LogP contribution in [0.25, 0.3) is 0 Å². The summed E-state index contributed by atoms with van der Waals surface area (Å²) in [5, 5.41) is 8.87. The summed E-state index contributed by atoms with van der Waals surface area (Å²) in [5.74, 6) is 0.747. The average Bonchev–Trinajstić information content (AvgIpc) is 2.95. The highest BCUT2D eigenvalue weighted by Gasteiger charge is 2.19. The minimum Gasteiger partial charge on any atom is -0.375 e. The molecular weight excluding hydrogens is 312 g/mol. The van der Waals surface area contributed by atoms with Crippen molar-refractivity contribution in [3.8, 4) is 0 Å². The Labute approximate surface area is 141 Å². The summed E-state index contributed by atoms with van der Waals surface area (Å²) in [6.07, 6.45) is 2.95. The molecule has 6 nitrogen and oxygen atoms in total. The Hall–Kier alpha value is -1.02. The van der Waals surface area contributed by atoms with E-state index in [0.717, 1.165) is 44.3 Å². The molecule has 0 radical (unpaired) electrons. The van der Waals surface area contributed by atoms with E-state index in [1.54, 1.807) is 0 Å². The van der Waals surface area contributed by atoms with Gasteiger partial charge in [-0.15, -0.1) is 11.3 Å². The van der Waals surface area contributed by atoms with Crippen molar-refractivity contribution in [3.63, 3.8) is 0 Å². The van der Waals surface area contributed by atoms with Gasteiger partial charge in [0.2, 0.25) is 5.91 Å². The predicted molar refractivity (Wildman–Crippen MR) is 91.6 cm³/mol. The zero-order valence-corrected chi connectivity index (χ0v) is 14.5. The van der Waals surface area contributed by atoms with Crippen LogP contribution in [0, 0.1) is 5.92 Å². The highest BCUT2D eigenvalue weighted by molar-refractivity contribution is 7.13. The number of nitrogens with zero attached hydrogens (tertiary/aromatic N) is 2. The van der Waals surface area contributed by atoms with E-state index in [1.165, 1.54) is 24.2 Å². The highest BCUT2D eigenvalue weighted by atomic mass is 32.1. The summed E-state index contributed by atoms with van der Waals surface area (Å²) < 4.78 is 5.56. The molecule has 1 aromatic heterocycles. The van der Waals surface area contributed by atoms with Crippen molar-refractivity contribution in [1.29, 1.82) is 0 Å². The van der Waals surface area contributed by atoms with Gasteiger partial charge in [0.15, 0.2) is 5.13 Å². The average molecular weight is 338 g/mol. The molecule has 1 aromatic rings. The largest absolute Gasteiger partial charge is 0.375 e. The summed E-state index contributed by atoms with van der Waals surface area (Å²) in [6.45, 7) is 7.76. The van der Waals surface area contributed by atoms with Gasteiger partial charge < -0.3 is 15.4 Å². The van der Waals surface area contributed by atoms with Gasteiger partial charge in [-0.05, 0) is 25.3 Å². The van der Waals surface area contributed by atoms with Crippen molar-refractivity contribution < 1.29 is 9.53 Å². The molecule has 0 saturated carbocycles. The number of carbonyl (C=O) groups is 1. The molecule has 2 unspecified atom stereocenters. The molecule has 0 spiro atoms. The normalized spacial score (nSPS) is 26.1. The zero-order chi connectivity index (χ0) is 16.1. The van der Waals surface area contributed by atoms with Gasteiger partial charge >= 0.3 is 0 Å². The molecule has 3 rings (SSSR count). The van der Waals surface area contributed by atoms with Crippen LogP contribution in [0.3, 0.4) is 0 Å². The van der Waals surface area contributed by atoms with Gasteiger partial charge in [0, 0.05) is 31.6 Å². The van der Waals surface area contributed by atoms with E-state index in [-0.39, 0.29) is 12.0 Å². The first kappa shape index (κ1) is 16.8. The SMILES string of the molecule is CC1CCCN(Cc2csc(NC(=O)CC3CNCCO3)n2)C1. The number of morpholine rings is 1. The number of hydrogen-bond donors (Lipinski definition) is 2. The van der Waals surface area contributed by atoms with E-state index in [0.29, 0.717) is 18.2 Å². The van der Waals surface area contributed by atoms with Crippen LogP contribution in [0.1, 0.15) is 31.9 Å². The van der Waals surface area contributed by atoms with Crippen molar-refractivity contribution in [1.82, 2.24) is 15.2 Å². The molecule has 3 heterocycles. The van der Waals surface area contributed by atoms with Crippen LogP contribution in [0.4, 0.5) is 5.13 Å². The summed E-state index contributed by atoms with van der Waals surface area (Å²) >= 11 is 1.50. The second kappa shape index (κ2) is 8.19. The molecule has 2 N–H and O–H groups in total. The van der Waals surface area contributed by atoms with Crippen LogP contribution in [0.2, 0.25) is 0 Å². The van der Waals surface area contributed by atoms with Crippen molar-refractivity contribution in [2.24, 2.45) is 5.92 Å². The van der Waals surface area contributed by atoms with E-state index < -0.39 is 0 Å². The van der Waals surface area contributed by atoms with Crippen LogP contribution in [-0.4, -0.2) is 54.7 Å². The number of ether oxygens (including phenoxy) is 1. The number of thiazole rings is 1. The van der Waals surface area contributed by atoms with Crippen LogP contribution in [-0.2, 0) is 16.1 Å². The van der Waals surface area contributed by atoms with E-state index in [9.17, 15) is 4.79 Å². The summed E-state index contributed by atoms with van der Waals surface area (Å²) in [7, 11) is 0. The smallest absolute Gasteiger partial charge is 0.228 e. The maximum atomic E-state index is 12.1. The molecule has 2 aliphatic rings. The van der Waals surface area contributed by atoms with E-state index in [1.807, 2.05) is 5.38 Å². The third kappa shape index (κ3) is 5.24. The third-order valence-electron chi connectivity index (χ3n) is 4.34. The third-order valence-corrected chi connectivity index (χ3v) is 5.15. The molecule has 7 heteroatoms. The molecule has 0 aliphatic carbocycles. The number of rotatable bonds is 5. The second-order valence-corrected chi connectivity index (χ2v) is 7.43. The number of amides is 1. The number of aromatic nitrogens is 1. The first-order valence-electron chi connectivity index (χ1n) is 8.48. The molecular formula is C16H26N4O2S. The van der Waals surface area contributed by atoms with Crippen LogP contribution in [0.15, 0.2) is 5.38 Å². The van der Waals surface area contributed by atoms with Crippen molar-refractivity contribution in [2.45, 2.75) is 38.8 Å². The minimum atomic E-state index is -0.0296. The number of carbonyl (C=O) groups excluding carboxylic acids is 1. The maximum absolute atomic E-state index is 12.1. The number of hydrogen-bond acceptors (Lipinski definition) is 6. The fourth-order valence-electron chi connectivity index (χ4n) is 3.22. The van der Waals surface area contributed by atoms with Crippen LogP contribution >= 0.6 is 11.3 Å². The fourth-order valence-corrected chi connectivity index (χ4v) is 3.94. The molecule has 23 heavy (non-hydrogen) atoms. The van der Waals surface area contributed by atoms with Crippen molar-refractivity contribution >= 4 is 22.4 Å². The summed E-state index contributed by atoms with van der Waals surface area (Å²) in [6, 6.07) is 0. The molecule has 2 aliphatic heterocycles. The molecule has 128 valence electrons. The lowest BCUT2D eigenvalue weighted by molar-refractivity contribution is -0.119. The van der Waals surface area contributed by atoms with Gasteiger partial charge in [-0.25, -0.2) is 4.98 Å². The number of anilines is 1. The lowest BCUT2D eigenvalue weighted by Crippen LogP contribution is -2.40. The monoisotopic (exact) mass is 338 g/mol. The van der Waals surface area contributed by atoms with Crippen LogP contribution < -0.4 is 10.6 Å². The number of piperidine rings is 1. The first-order valence-corrected chi connectivity index (χ1v) is 9.36. The predicted octanol–water partition coefficient (Wildman–Crippen LogP) is 1.69. The standard InChI is InChI=1S/C16H26N4O2S/c1-12-3-2-5-20(9-12)10-13-11-23-16(18-13)19-15(21)7-14-8-17-4-6-22-14/h11-12,14,17H,2-10H2,1H3,(H,18,19,21). The molecule has 2 atom stereocenters. The van der Waals surface area contributed by atoms with Gasteiger partial charge in [-0.1, -0.05) is 6.92 Å². The lowest BCUT2D eigenvalue weighted by atomic mass is 10.0. The highest BCUT2D eigenvalue weighted by Crippen LogP contribution is 2.21. The van der Waals surface area contributed by atoms with Gasteiger partial charge in [0.1, 0.15) is 0 Å². The molecule has 2 saturated heterocycles. The molecule has 0 aromatic carbocycles. The Morgan fingerprint density at radius 2 is 2.52 bits per heavy atom. The van der Waals surface area contributed by atoms with Gasteiger partial charge in [-0.2, -0.15) is 0 Å². The Morgan fingerprint density at radius 1 is 1.61 bits per heavy atom. The lowest BCUT2D eigenvalue weighted by Gasteiger charge is -2.30. The Morgan fingerprint density at radius 3 is 3.30 bits per heavy atom. The molecule has 1 amide bonds. The Bertz CT molecular complexity index is 516. The first-order chi connectivity index (χ1) is 11.2.